The van der Waals surface area contributed by atoms with Gasteiger partial charge in [0.1, 0.15) is 6.61 Å². The van der Waals surface area contributed by atoms with E-state index in [9.17, 15) is 4.79 Å². The summed E-state index contributed by atoms with van der Waals surface area (Å²) in [6, 6.07) is 12.1. The number of anilines is 1. The molecule has 0 atom stereocenters. The minimum atomic E-state index is -0.423. The van der Waals surface area contributed by atoms with Gasteiger partial charge in [-0.2, -0.15) is 0 Å². The van der Waals surface area contributed by atoms with Gasteiger partial charge in [-0.15, -0.1) is 0 Å². The molecule has 0 saturated heterocycles. The second-order valence-corrected chi connectivity index (χ2v) is 5.33. The van der Waals surface area contributed by atoms with Crippen molar-refractivity contribution in [3.63, 3.8) is 0 Å². The van der Waals surface area contributed by atoms with E-state index in [1.54, 1.807) is 30.3 Å². The SMILES string of the molecule is Nc1cc(Br)cc(C(=O)OCc2cccc(Cl)c2)c1. The molecular weight excluding hydrogens is 330 g/mol. The average molecular weight is 341 g/mol. The van der Waals surface area contributed by atoms with Crippen LogP contribution in [0.25, 0.3) is 0 Å². The molecule has 2 aromatic carbocycles. The number of nitrogens with two attached hydrogens (primary N) is 1. The predicted octanol–water partition coefficient (Wildman–Crippen LogP) is 4.04. The normalized spacial score (nSPS) is 10.2. The van der Waals surface area contributed by atoms with Gasteiger partial charge in [-0.1, -0.05) is 39.7 Å². The molecule has 0 aromatic heterocycles. The number of carbonyl (C=O) groups is 1. The lowest BCUT2D eigenvalue weighted by molar-refractivity contribution is 0.0472. The first-order chi connectivity index (χ1) is 9.04. The van der Waals surface area contributed by atoms with Crippen LogP contribution in [0.15, 0.2) is 46.9 Å². The molecule has 0 unspecified atom stereocenters. The van der Waals surface area contributed by atoms with Crippen LogP contribution in [0.2, 0.25) is 5.02 Å². The number of nitrogen functional groups attached to an aromatic ring is 1. The molecule has 0 bridgehead atoms. The molecular formula is C14H11BrClNO2. The topological polar surface area (TPSA) is 52.3 Å². The van der Waals surface area contributed by atoms with Crippen LogP contribution in [-0.4, -0.2) is 5.97 Å². The first kappa shape index (κ1) is 13.9. The Bertz CT molecular complexity index is 596. The van der Waals surface area contributed by atoms with Crippen molar-refractivity contribution in [2.75, 3.05) is 5.73 Å². The van der Waals surface area contributed by atoms with E-state index in [4.69, 9.17) is 22.1 Å². The number of rotatable bonds is 3. The third-order valence-corrected chi connectivity index (χ3v) is 3.11. The van der Waals surface area contributed by atoms with Crippen LogP contribution in [0.5, 0.6) is 0 Å². The first-order valence-electron chi connectivity index (χ1n) is 5.52. The Hall–Kier alpha value is -1.52. The molecule has 0 fully saturated rings. The van der Waals surface area contributed by atoms with Gasteiger partial charge in [0, 0.05) is 15.2 Å². The maximum absolute atomic E-state index is 11.9. The minimum Gasteiger partial charge on any atom is -0.457 e. The summed E-state index contributed by atoms with van der Waals surface area (Å²) in [5, 5.41) is 0.611. The van der Waals surface area contributed by atoms with Crippen molar-refractivity contribution in [2.24, 2.45) is 0 Å². The molecule has 5 heteroatoms. The molecule has 0 radical (unpaired) electrons. The standard InChI is InChI=1S/C14H11BrClNO2/c15-11-5-10(6-13(17)7-11)14(18)19-8-9-2-1-3-12(16)4-9/h1-7H,8,17H2. The van der Waals surface area contributed by atoms with E-state index in [1.165, 1.54) is 0 Å². The smallest absolute Gasteiger partial charge is 0.338 e. The molecule has 0 spiro atoms. The summed E-state index contributed by atoms with van der Waals surface area (Å²) in [5.74, 6) is -0.423. The zero-order valence-electron chi connectivity index (χ0n) is 9.90. The fraction of sp³-hybridized carbons (Fsp3) is 0.0714. The Morgan fingerprint density at radius 1 is 1.26 bits per heavy atom. The Morgan fingerprint density at radius 3 is 2.74 bits per heavy atom. The van der Waals surface area contributed by atoms with Crippen LogP contribution < -0.4 is 5.73 Å². The lowest BCUT2D eigenvalue weighted by Crippen LogP contribution is -2.06. The second-order valence-electron chi connectivity index (χ2n) is 3.98. The van der Waals surface area contributed by atoms with Gasteiger partial charge >= 0.3 is 5.97 Å². The molecule has 2 rings (SSSR count). The highest BCUT2D eigenvalue weighted by Gasteiger charge is 2.09. The molecule has 3 nitrogen and oxygen atoms in total. The van der Waals surface area contributed by atoms with Crippen molar-refractivity contribution in [2.45, 2.75) is 6.61 Å². The maximum Gasteiger partial charge on any atom is 0.338 e. The highest BCUT2D eigenvalue weighted by Crippen LogP contribution is 2.18. The Labute approximate surface area is 124 Å². The fourth-order valence-corrected chi connectivity index (χ4v) is 2.31. The maximum atomic E-state index is 11.9. The van der Waals surface area contributed by atoms with E-state index in [2.05, 4.69) is 15.9 Å². The van der Waals surface area contributed by atoms with E-state index in [0.717, 1.165) is 10.0 Å². The van der Waals surface area contributed by atoms with Gasteiger partial charge in [0.25, 0.3) is 0 Å². The molecule has 0 heterocycles. The summed E-state index contributed by atoms with van der Waals surface area (Å²) in [6.07, 6.45) is 0. The molecule has 98 valence electrons. The molecule has 0 aliphatic carbocycles. The Morgan fingerprint density at radius 2 is 2.05 bits per heavy atom. The molecule has 0 saturated carbocycles. The number of ether oxygens (including phenoxy) is 1. The number of halogens is 2. The fourth-order valence-electron chi connectivity index (χ4n) is 1.59. The summed E-state index contributed by atoms with van der Waals surface area (Å²) < 4.78 is 5.94. The van der Waals surface area contributed by atoms with Crippen LogP contribution in [0.3, 0.4) is 0 Å². The Kier molecular flexibility index (Phi) is 4.45. The number of esters is 1. The van der Waals surface area contributed by atoms with Gasteiger partial charge in [-0.3, -0.25) is 0 Å². The first-order valence-corrected chi connectivity index (χ1v) is 6.69. The summed E-state index contributed by atoms with van der Waals surface area (Å²) in [4.78, 5) is 11.9. The molecule has 2 N–H and O–H groups in total. The van der Waals surface area contributed by atoms with Gasteiger partial charge in [-0.05, 0) is 35.9 Å². The van der Waals surface area contributed by atoms with E-state index in [0.29, 0.717) is 16.3 Å². The molecule has 0 aliphatic heterocycles. The van der Waals surface area contributed by atoms with Crippen LogP contribution in [0.4, 0.5) is 5.69 Å². The highest BCUT2D eigenvalue weighted by atomic mass is 79.9. The second kappa shape index (κ2) is 6.08. The monoisotopic (exact) mass is 339 g/mol. The van der Waals surface area contributed by atoms with E-state index < -0.39 is 5.97 Å². The van der Waals surface area contributed by atoms with Crippen LogP contribution in [0.1, 0.15) is 15.9 Å². The summed E-state index contributed by atoms with van der Waals surface area (Å²) >= 11 is 9.14. The quantitative estimate of drug-likeness (QED) is 0.677. The lowest BCUT2D eigenvalue weighted by Gasteiger charge is -2.06. The third kappa shape index (κ3) is 3.98. The number of benzene rings is 2. The van der Waals surface area contributed by atoms with Crippen LogP contribution >= 0.6 is 27.5 Å². The molecule has 19 heavy (non-hydrogen) atoms. The van der Waals surface area contributed by atoms with Gasteiger partial charge in [0.05, 0.1) is 5.56 Å². The highest BCUT2D eigenvalue weighted by molar-refractivity contribution is 9.10. The van der Waals surface area contributed by atoms with Gasteiger partial charge in [0.2, 0.25) is 0 Å². The van der Waals surface area contributed by atoms with Gasteiger partial charge in [-0.25, -0.2) is 4.79 Å². The van der Waals surface area contributed by atoms with Crippen molar-refractivity contribution < 1.29 is 9.53 Å². The van der Waals surface area contributed by atoms with E-state index in [1.807, 2.05) is 12.1 Å². The lowest BCUT2D eigenvalue weighted by atomic mass is 10.2. The summed E-state index contributed by atoms with van der Waals surface area (Å²) in [5.41, 5.74) is 7.42. The zero-order chi connectivity index (χ0) is 13.8. The predicted molar refractivity (Wildman–Crippen MR) is 79.1 cm³/mol. The van der Waals surface area contributed by atoms with E-state index >= 15 is 0 Å². The van der Waals surface area contributed by atoms with Crippen molar-refractivity contribution in [1.29, 1.82) is 0 Å². The van der Waals surface area contributed by atoms with Crippen LogP contribution in [0, 0.1) is 0 Å². The largest absolute Gasteiger partial charge is 0.457 e. The Balaban J connectivity index is 2.05. The summed E-state index contributed by atoms with van der Waals surface area (Å²) in [6.45, 7) is 0.172. The minimum absolute atomic E-state index is 0.172. The number of carbonyl (C=O) groups excluding carboxylic acids is 1. The molecule has 2 aromatic rings. The number of hydrogen-bond donors (Lipinski definition) is 1. The van der Waals surface area contributed by atoms with Crippen molar-refractivity contribution in [3.05, 3.63) is 63.1 Å². The molecule has 0 aliphatic rings. The van der Waals surface area contributed by atoms with Gasteiger partial charge < -0.3 is 10.5 Å². The van der Waals surface area contributed by atoms with Crippen molar-refractivity contribution >= 4 is 39.2 Å². The van der Waals surface area contributed by atoms with Crippen molar-refractivity contribution in [1.82, 2.24) is 0 Å². The molecule has 0 amide bonds. The van der Waals surface area contributed by atoms with E-state index in [-0.39, 0.29) is 6.61 Å². The van der Waals surface area contributed by atoms with Crippen molar-refractivity contribution in [3.8, 4) is 0 Å². The third-order valence-electron chi connectivity index (χ3n) is 2.41. The average Bonchev–Trinajstić information content (AvgIpc) is 2.35. The van der Waals surface area contributed by atoms with Gasteiger partial charge in [0.15, 0.2) is 0 Å². The number of hydrogen-bond acceptors (Lipinski definition) is 3. The zero-order valence-corrected chi connectivity index (χ0v) is 12.2. The van der Waals surface area contributed by atoms with Crippen LogP contribution in [-0.2, 0) is 11.3 Å². The summed E-state index contributed by atoms with van der Waals surface area (Å²) in [7, 11) is 0.